The number of aliphatic carboxylic acids is 1. The predicted octanol–water partition coefficient (Wildman–Crippen LogP) is -0.00170. The van der Waals surface area contributed by atoms with E-state index in [-0.39, 0.29) is 13.2 Å². The Labute approximate surface area is 92.4 Å². The summed E-state index contributed by atoms with van der Waals surface area (Å²) in [7, 11) is 1.50. The van der Waals surface area contributed by atoms with E-state index in [0.717, 1.165) is 0 Å². The Balaban J connectivity index is 2.23. The first-order valence-electron chi connectivity index (χ1n) is 4.62. The van der Waals surface area contributed by atoms with Crippen molar-refractivity contribution in [2.24, 2.45) is 0 Å². The van der Waals surface area contributed by atoms with E-state index >= 15 is 0 Å². The molecular formula is C9H13N3O4. The van der Waals surface area contributed by atoms with E-state index < -0.39 is 5.97 Å². The molecule has 0 aliphatic rings. The Bertz CT molecular complexity index is 345. The molecule has 0 amide bonds. The van der Waals surface area contributed by atoms with Gasteiger partial charge in [-0.25, -0.2) is 4.79 Å². The maximum absolute atomic E-state index is 10.1. The summed E-state index contributed by atoms with van der Waals surface area (Å²) in [6.45, 7) is 0.436. The molecule has 2 N–H and O–H groups in total. The van der Waals surface area contributed by atoms with Gasteiger partial charge in [0.1, 0.15) is 12.4 Å². The van der Waals surface area contributed by atoms with E-state index in [2.05, 4.69) is 15.3 Å². The predicted molar refractivity (Wildman–Crippen MR) is 55.5 cm³/mol. The Morgan fingerprint density at radius 3 is 3.06 bits per heavy atom. The third-order valence-corrected chi connectivity index (χ3v) is 1.60. The van der Waals surface area contributed by atoms with Gasteiger partial charge in [0, 0.05) is 6.54 Å². The second-order valence-electron chi connectivity index (χ2n) is 2.82. The van der Waals surface area contributed by atoms with Crippen LogP contribution < -0.4 is 10.1 Å². The van der Waals surface area contributed by atoms with Crippen molar-refractivity contribution in [1.29, 1.82) is 0 Å². The molecule has 7 heteroatoms. The highest BCUT2D eigenvalue weighted by atomic mass is 16.5. The molecular weight excluding hydrogens is 214 g/mol. The Morgan fingerprint density at radius 1 is 1.56 bits per heavy atom. The first-order chi connectivity index (χ1) is 7.72. The van der Waals surface area contributed by atoms with Crippen molar-refractivity contribution < 1.29 is 19.4 Å². The van der Waals surface area contributed by atoms with Crippen molar-refractivity contribution in [3.8, 4) is 5.88 Å². The monoisotopic (exact) mass is 227 g/mol. The molecule has 0 aliphatic carbocycles. The van der Waals surface area contributed by atoms with Gasteiger partial charge >= 0.3 is 5.97 Å². The summed E-state index contributed by atoms with van der Waals surface area (Å²) < 4.78 is 9.72. The summed E-state index contributed by atoms with van der Waals surface area (Å²) in [5, 5.41) is 11.2. The number of nitrogens with zero attached hydrogens (tertiary/aromatic N) is 2. The maximum Gasteiger partial charge on any atom is 0.329 e. The molecule has 0 bridgehead atoms. The van der Waals surface area contributed by atoms with E-state index in [4.69, 9.17) is 14.6 Å². The Hall–Kier alpha value is -1.89. The molecule has 0 radical (unpaired) electrons. The number of aromatic nitrogens is 2. The van der Waals surface area contributed by atoms with Gasteiger partial charge in [-0.15, -0.1) is 0 Å². The Kier molecular flexibility index (Phi) is 5.00. The number of ether oxygens (including phenoxy) is 2. The lowest BCUT2D eigenvalue weighted by Crippen LogP contribution is -2.14. The molecule has 0 spiro atoms. The fourth-order valence-electron chi connectivity index (χ4n) is 0.942. The molecule has 0 unspecified atom stereocenters. The van der Waals surface area contributed by atoms with Crippen LogP contribution in [0.2, 0.25) is 0 Å². The fourth-order valence-corrected chi connectivity index (χ4v) is 0.942. The highest BCUT2D eigenvalue weighted by molar-refractivity contribution is 5.67. The highest BCUT2D eigenvalue weighted by Crippen LogP contribution is 2.07. The topological polar surface area (TPSA) is 93.6 Å². The molecule has 0 saturated heterocycles. The molecule has 1 aromatic rings. The minimum Gasteiger partial charge on any atom is -0.480 e. The normalized spacial score (nSPS) is 9.81. The van der Waals surface area contributed by atoms with Gasteiger partial charge in [0.15, 0.2) is 0 Å². The first kappa shape index (κ1) is 12.2. The quantitative estimate of drug-likeness (QED) is 0.633. The number of methoxy groups -OCH3 is 1. The van der Waals surface area contributed by atoms with E-state index in [1.54, 1.807) is 6.20 Å². The van der Waals surface area contributed by atoms with E-state index in [1.807, 2.05) is 0 Å². The van der Waals surface area contributed by atoms with Crippen LogP contribution in [-0.2, 0) is 9.53 Å². The average molecular weight is 227 g/mol. The lowest BCUT2D eigenvalue weighted by atomic mass is 10.6. The number of nitrogens with one attached hydrogen (secondary N) is 1. The fraction of sp³-hybridized carbons (Fsp3) is 0.444. The van der Waals surface area contributed by atoms with Crippen LogP contribution in [0.15, 0.2) is 12.4 Å². The summed E-state index contributed by atoms with van der Waals surface area (Å²) in [5.74, 6) is -0.0177. The number of rotatable bonds is 7. The van der Waals surface area contributed by atoms with Crippen molar-refractivity contribution >= 4 is 11.8 Å². The van der Waals surface area contributed by atoms with Crippen molar-refractivity contribution in [2.75, 3.05) is 32.2 Å². The molecule has 1 aromatic heterocycles. The third-order valence-electron chi connectivity index (χ3n) is 1.60. The van der Waals surface area contributed by atoms with Crippen molar-refractivity contribution in [3.63, 3.8) is 0 Å². The number of carboxylic acids is 1. The lowest BCUT2D eigenvalue weighted by molar-refractivity contribution is -0.142. The molecule has 0 aliphatic heterocycles. The zero-order chi connectivity index (χ0) is 11.8. The zero-order valence-corrected chi connectivity index (χ0v) is 8.84. The van der Waals surface area contributed by atoms with Crippen LogP contribution in [0.25, 0.3) is 0 Å². The second-order valence-corrected chi connectivity index (χ2v) is 2.82. The van der Waals surface area contributed by atoms with Gasteiger partial charge in [-0.2, -0.15) is 4.98 Å². The third kappa shape index (κ3) is 4.56. The molecule has 1 rings (SSSR count). The highest BCUT2D eigenvalue weighted by Gasteiger charge is 1.98. The molecule has 0 atom stereocenters. The molecule has 0 fully saturated rings. The van der Waals surface area contributed by atoms with E-state index in [9.17, 15) is 4.79 Å². The maximum atomic E-state index is 10.1. The second kappa shape index (κ2) is 6.57. The standard InChI is InChI=1S/C9H13N3O4/c1-15-8-5-10-4-7(12-8)11-2-3-16-6-9(13)14/h4-5H,2-3,6H2,1H3,(H,11,12)(H,13,14). The van der Waals surface area contributed by atoms with Gasteiger partial charge in [-0.05, 0) is 0 Å². The molecule has 0 aromatic carbocycles. The first-order valence-corrected chi connectivity index (χ1v) is 4.62. The number of hydrogen-bond donors (Lipinski definition) is 2. The Morgan fingerprint density at radius 2 is 2.38 bits per heavy atom. The summed E-state index contributed by atoms with van der Waals surface area (Å²) >= 11 is 0. The van der Waals surface area contributed by atoms with Gasteiger partial charge in [0.2, 0.25) is 5.88 Å². The number of hydrogen-bond acceptors (Lipinski definition) is 6. The molecule has 88 valence electrons. The van der Waals surface area contributed by atoms with Gasteiger partial charge in [0.25, 0.3) is 0 Å². The van der Waals surface area contributed by atoms with Crippen LogP contribution in [0.5, 0.6) is 5.88 Å². The molecule has 7 nitrogen and oxygen atoms in total. The van der Waals surface area contributed by atoms with E-state index in [0.29, 0.717) is 18.2 Å². The van der Waals surface area contributed by atoms with Crippen LogP contribution in [-0.4, -0.2) is 47.9 Å². The van der Waals surface area contributed by atoms with Gasteiger partial charge < -0.3 is 19.9 Å². The number of carboxylic acid groups (broad SMARTS) is 1. The lowest BCUT2D eigenvalue weighted by Gasteiger charge is -2.05. The van der Waals surface area contributed by atoms with Crippen LogP contribution in [0.4, 0.5) is 5.82 Å². The van der Waals surface area contributed by atoms with Gasteiger partial charge in [0.05, 0.1) is 26.1 Å². The van der Waals surface area contributed by atoms with Crippen molar-refractivity contribution in [1.82, 2.24) is 9.97 Å². The van der Waals surface area contributed by atoms with Crippen LogP contribution in [0.3, 0.4) is 0 Å². The summed E-state index contributed by atoms with van der Waals surface area (Å²) in [6, 6.07) is 0. The number of carbonyl (C=O) groups is 1. The smallest absolute Gasteiger partial charge is 0.329 e. The zero-order valence-electron chi connectivity index (χ0n) is 8.84. The molecule has 16 heavy (non-hydrogen) atoms. The minimum absolute atomic E-state index is 0.283. The van der Waals surface area contributed by atoms with Crippen molar-refractivity contribution in [3.05, 3.63) is 12.4 Å². The summed E-state index contributed by atoms with van der Waals surface area (Å²) in [6.07, 6.45) is 3.03. The van der Waals surface area contributed by atoms with Crippen LogP contribution in [0.1, 0.15) is 0 Å². The average Bonchev–Trinajstić information content (AvgIpc) is 2.28. The van der Waals surface area contributed by atoms with Gasteiger partial charge in [-0.3, -0.25) is 4.98 Å². The van der Waals surface area contributed by atoms with Gasteiger partial charge in [-0.1, -0.05) is 0 Å². The summed E-state index contributed by atoms with van der Waals surface area (Å²) in [5.41, 5.74) is 0. The SMILES string of the molecule is COc1cncc(NCCOCC(=O)O)n1. The molecule has 0 saturated carbocycles. The largest absolute Gasteiger partial charge is 0.480 e. The molecule has 1 heterocycles. The van der Waals surface area contributed by atoms with Crippen LogP contribution in [0, 0.1) is 0 Å². The number of anilines is 1. The van der Waals surface area contributed by atoms with Crippen LogP contribution >= 0.6 is 0 Å². The van der Waals surface area contributed by atoms with Crippen molar-refractivity contribution in [2.45, 2.75) is 0 Å². The van der Waals surface area contributed by atoms with E-state index in [1.165, 1.54) is 13.3 Å². The summed E-state index contributed by atoms with van der Waals surface area (Å²) in [4.78, 5) is 18.1. The minimum atomic E-state index is -0.985.